The molecule has 2 N–H and O–H groups in total. The summed E-state index contributed by atoms with van der Waals surface area (Å²) in [6.45, 7) is 12.2. The Morgan fingerprint density at radius 1 is 1.00 bits per heavy atom. The number of hydrogen-bond acceptors (Lipinski definition) is 3. The molecule has 0 spiro atoms. The summed E-state index contributed by atoms with van der Waals surface area (Å²) in [7, 11) is 0. The van der Waals surface area contributed by atoms with E-state index in [-0.39, 0.29) is 35.9 Å². The number of carbonyl (C=O) groups excluding carboxylic acids is 1. The smallest absolute Gasteiger partial charge is 0.222 e. The van der Waals surface area contributed by atoms with E-state index < -0.39 is 0 Å². The molecular formula is C27H40IN5O. The molecule has 1 aliphatic rings. The predicted molar refractivity (Wildman–Crippen MR) is 151 cm³/mol. The molecule has 2 aromatic rings. The molecule has 0 radical (unpaired) electrons. The number of likely N-dealkylation sites (tertiary alicyclic amines) is 1. The van der Waals surface area contributed by atoms with Gasteiger partial charge in [-0.15, -0.1) is 24.0 Å². The lowest BCUT2D eigenvalue weighted by atomic mass is 10.1. The minimum Gasteiger partial charge on any atom is -0.357 e. The summed E-state index contributed by atoms with van der Waals surface area (Å²) in [6, 6.07) is 19.3. The number of nitrogens with zero attached hydrogens (tertiary/aromatic N) is 3. The van der Waals surface area contributed by atoms with Gasteiger partial charge in [-0.2, -0.15) is 0 Å². The number of benzene rings is 2. The Balaban J connectivity index is 0.00000408. The lowest BCUT2D eigenvalue weighted by molar-refractivity contribution is -0.128. The summed E-state index contributed by atoms with van der Waals surface area (Å²) in [5.74, 6) is 1.07. The van der Waals surface area contributed by atoms with Crippen LogP contribution in [0.1, 0.15) is 56.3 Å². The van der Waals surface area contributed by atoms with E-state index in [1.165, 1.54) is 11.1 Å². The topological polar surface area (TPSA) is 60.0 Å². The number of nitrogens with one attached hydrogen (secondary N) is 2. The molecule has 1 heterocycles. The van der Waals surface area contributed by atoms with Crippen LogP contribution < -0.4 is 10.6 Å². The Hall–Kier alpha value is -2.13. The molecule has 1 aliphatic heterocycles. The highest BCUT2D eigenvalue weighted by Crippen LogP contribution is 2.20. The molecule has 1 amide bonds. The van der Waals surface area contributed by atoms with E-state index in [9.17, 15) is 4.79 Å². The number of amides is 1. The monoisotopic (exact) mass is 577 g/mol. The quantitative estimate of drug-likeness (QED) is 0.234. The first-order valence-corrected chi connectivity index (χ1v) is 12.3. The lowest BCUT2D eigenvalue weighted by Gasteiger charge is -2.30. The van der Waals surface area contributed by atoms with Gasteiger partial charge >= 0.3 is 0 Å². The maximum atomic E-state index is 12.1. The molecule has 3 rings (SSSR count). The summed E-state index contributed by atoms with van der Waals surface area (Å²) in [4.78, 5) is 21.4. The number of aliphatic imine (C=N–C) groups is 1. The Labute approximate surface area is 222 Å². The number of likely N-dealkylation sites (N-methyl/N-ethyl adjacent to an activating group) is 1. The van der Waals surface area contributed by atoms with Crippen LogP contribution in [0.4, 0.5) is 0 Å². The first-order valence-electron chi connectivity index (χ1n) is 12.3. The fourth-order valence-electron chi connectivity index (χ4n) is 4.44. The first-order chi connectivity index (χ1) is 16.2. The molecule has 7 heteroatoms. The number of carbonyl (C=O) groups is 1. The van der Waals surface area contributed by atoms with Gasteiger partial charge < -0.3 is 15.5 Å². The van der Waals surface area contributed by atoms with E-state index in [0.717, 1.165) is 50.7 Å². The summed E-state index contributed by atoms with van der Waals surface area (Å²) in [5.41, 5.74) is 3.65. The molecular weight excluding hydrogens is 537 g/mol. The average molecular weight is 578 g/mol. The van der Waals surface area contributed by atoms with Gasteiger partial charge in [0.1, 0.15) is 0 Å². The number of hydrogen-bond donors (Lipinski definition) is 2. The molecule has 1 saturated heterocycles. The Morgan fingerprint density at radius 2 is 1.68 bits per heavy atom. The van der Waals surface area contributed by atoms with Gasteiger partial charge in [0.25, 0.3) is 0 Å². The first kappa shape index (κ1) is 28.1. The maximum absolute atomic E-state index is 12.1. The van der Waals surface area contributed by atoms with E-state index in [4.69, 9.17) is 4.99 Å². The van der Waals surface area contributed by atoms with Gasteiger partial charge in [0.05, 0.1) is 12.6 Å². The van der Waals surface area contributed by atoms with Gasteiger partial charge in [0, 0.05) is 32.6 Å². The Bertz CT molecular complexity index is 901. The summed E-state index contributed by atoms with van der Waals surface area (Å²) in [5, 5.41) is 6.96. The highest BCUT2D eigenvalue weighted by Gasteiger charge is 2.21. The van der Waals surface area contributed by atoms with Crippen LogP contribution >= 0.6 is 24.0 Å². The SMILES string of the molecule is CCNC(=NCc1ccccc1CN1CCCC1=O)NCC(c1ccccc1)N(CC)CC.I. The van der Waals surface area contributed by atoms with Crippen molar-refractivity contribution in [1.29, 1.82) is 0 Å². The molecule has 1 unspecified atom stereocenters. The second kappa shape index (κ2) is 15.0. The zero-order valence-corrected chi connectivity index (χ0v) is 23.1. The van der Waals surface area contributed by atoms with E-state index in [1.54, 1.807) is 0 Å². The second-order valence-corrected chi connectivity index (χ2v) is 8.41. The van der Waals surface area contributed by atoms with Crippen molar-refractivity contribution in [1.82, 2.24) is 20.4 Å². The minimum absolute atomic E-state index is 0. The molecule has 1 atom stereocenters. The molecule has 1 fully saturated rings. The fourth-order valence-corrected chi connectivity index (χ4v) is 4.44. The van der Waals surface area contributed by atoms with Crippen molar-refractivity contribution in [3.8, 4) is 0 Å². The lowest BCUT2D eigenvalue weighted by Crippen LogP contribution is -2.43. The van der Waals surface area contributed by atoms with Crippen LogP contribution in [-0.4, -0.2) is 54.4 Å². The third-order valence-corrected chi connectivity index (χ3v) is 6.30. The fraction of sp³-hybridized carbons (Fsp3) is 0.481. The van der Waals surface area contributed by atoms with Gasteiger partial charge in [-0.3, -0.25) is 9.69 Å². The van der Waals surface area contributed by atoms with E-state index in [2.05, 4.69) is 78.8 Å². The van der Waals surface area contributed by atoms with E-state index in [1.807, 2.05) is 17.0 Å². The Kier molecular flexibility index (Phi) is 12.4. The molecule has 6 nitrogen and oxygen atoms in total. The van der Waals surface area contributed by atoms with Crippen LogP contribution in [0, 0.1) is 0 Å². The van der Waals surface area contributed by atoms with Crippen molar-refractivity contribution in [2.75, 3.05) is 32.7 Å². The summed E-state index contributed by atoms with van der Waals surface area (Å²) >= 11 is 0. The standard InChI is InChI=1S/C27H39N5O.HI/c1-4-28-27(30-20-25(31(5-2)6-3)22-13-8-7-9-14-22)29-19-23-15-10-11-16-24(23)21-32-18-12-17-26(32)33;/h7-11,13-16,25H,4-6,12,17-21H2,1-3H3,(H2,28,29,30);1H. The van der Waals surface area contributed by atoms with Gasteiger partial charge in [-0.25, -0.2) is 4.99 Å². The van der Waals surface area contributed by atoms with Crippen LogP contribution in [0.25, 0.3) is 0 Å². The van der Waals surface area contributed by atoms with Crippen molar-refractivity contribution in [2.24, 2.45) is 4.99 Å². The van der Waals surface area contributed by atoms with Crippen molar-refractivity contribution >= 4 is 35.8 Å². The van der Waals surface area contributed by atoms with Crippen LogP contribution in [0.5, 0.6) is 0 Å². The highest BCUT2D eigenvalue weighted by atomic mass is 127. The zero-order chi connectivity index (χ0) is 23.5. The minimum atomic E-state index is 0. The molecule has 2 aromatic carbocycles. The van der Waals surface area contributed by atoms with Crippen LogP contribution in [-0.2, 0) is 17.9 Å². The summed E-state index contributed by atoms with van der Waals surface area (Å²) < 4.78 is 0. The molecule has 34 heavy (non-hydrogen) atoms. The average Bonchev–Trinajstić information content (AvgIpc) is 3.25. The van der Waals surface area contributed by atoms with Crippen molar-refractivity contribution < 1.29 is 4.79 Å². The number of guanidine groups is 1. The largest absolute Gasteiger partial charge is 0.357 e. The molecule has 0 saturated carbocycles. The van der Waals surface area contributed by atoms with Crippen LogP contribution in [0.3, 0.4) is 0 Å². The van der Waals surface area contributed by atoms with Crippen molar-refractivity contribution in [3.05, 3.63) is 71.3 Å². The number of halogens is 1. The third kappa shape index (κ3) is 7.98. The number of rotatable bonds is 11. The van der Waals surface area contributed by atoms with Gasteiger partial charge in [0.2, 0.25) is 5.91 Å². The normalized spacial score (nSPS) is 14.8. The van der Waals surface area contributed by atoms with Crippen molar-refractivity contribution in [2.45, 2.75) is 52.7 Å². The van der Waals surface area contributed by atoms with Crippen LogP contribution in [0.2, 0.25) is 0 Å². The zero-order valence-electron chi connectivity index (χ0n) is 20.8. The van der Waals surface area contributed by atoms with Gasteiger partial charge in [-0.1, -0.05) is 68.4 Å². The Morgan fingerprint density at radius 3 is 2.29 bits per heavy atom. The van der Waals surface area contributed by atoms with Gasteiger partial charge in [-0.05, 0) is 43.1 Å². The van der Waals surface area contributed by atoms with E-state index in [0.29, 0.717) is 19.5 Å². The van der Waals surface area contributed by atoms with Crippen molar-refractivity contribution in [3.63, 3.8) is 0 Å². The molecule has 186 valence electrons. The van der Waals surface area contributed by atoms with Gasteiger partial charge in [0.15, 0.2) is 5.96 Å². The van der Waals surface area contributed by atoms with E-state index >= 15 is 0 Å². The predicted octanol–water partition coefficient (Wildman–Crippen LogP) is 4.57. The molecule has 0 aliphatic carbocycles. The maximum Gasteiger partial charge on any atom is 0.222 e. The highest BCUT2D eigenvalue weighted by molar-refractivity contribution is 14.0. The molecule has 0 aromatic heterocycles. The molecule has 0 bridgehead atoms. The second-order valence-electron chi connectivity index (χ2n) is 8.41. The van der Waals surface area contributed by atoms with Crippen LogP contribution in [0.15, 0.2) is 59.6 Å². The third-order valence-electron chi connectivity index (χ3n) is 6.30. The summed E-state index contributed by atoms with van der Waals surface area (Å²) in [6.07, 6.45) is 1.63.